The average molecular weight is 553 g/mol. The molecule has 0 saturated heterocycles. The summed E-state index contributed by atoms with van der Waals surface area (Å²) in [6.45, 7) is 14.8. The quantitative estimate of drug-likeness (QED) is 0.332. The van der Waals surface area contributed by atoms with Crippen molar-refractivity contribution >= 4 is 33.8 Å². The lowest BCUT2D eigenvalue weighted by Crippen LogP contribution is -2.35. The zero-order chi connectivity index (χ0) is 29.0. The van der Waals surface area contributed by atoms with Gasteiger partial charge in [0.2, 0.25) is 0 Å². The van der Waals surface area contributed by atoms with Gasteiger partial charge in [-0.3, -0.25) is 5.41 Å². The van der Waals surface area contributed by atoms with Gasteiger partial charge in [-0.15, -0.1) is 0 Å². The van der Waals surface area contributed by atoms with Crippen LogP contribution in [-0.4, -0.2) is 30.1 Å². The fraction of sp³-hybridized carbons (Fsp3) is 0.419. The Morgan fingerprint density at radius 1 is 1.15 bits per heavy atom. The number of ether oxygens (including phenoxy) is 1. The van der Waals surface area contributed by atoms with Gasteiger partial charge in [-0.2, -0.15) is 5.26 Å². The normalized spacial score (nSPS) is 16.6. The third-order valence-electron chi connectivity index (χ3n) is 8.02. The van der Waals surface area contributed by atoms with Gasteiger partial charge in [0.05, 0.1) is 23.3 Å². The fourth-order valence-corrected chi connectivity index (χ4v) is 5.95. The number of anilines is 1. The number of nitriles is 1. The number of nitrogens with zero attached hydrogens (tertiary/aromatic N) is 2. The molecular weight excluding hydrogens is 514 g/mol. The highest BCUT2D eigenvalue weighted by molar-refractivity contribution is 8.15. The zero-order valence-corrected chi connectivity index (χ0v) is 24.7. The first-order chi connectivity index (χ1) is 18.5. The number of thioether (sulfide) groups is 1. The minimum absolute atomic E-state index is 0.0347. The summed E-state index contributed by atoms with van der Waals surface area (Å²) < 4.78 is 35.8. The van der Waals surface area contributed by atoms with Crippen LogP contribution >= 0.6 is 11.8 Å². The van der Waals surface area contributed by atoms with Gasteiger partial charge in [-0.1, -0.05) is 51.9 Å². The van der Waals surface area contributed by atoms with Crippen LogP contribution in [0.5, 0.6) is 0 Å². The van der Waals surface area contributed by atoms with E-state index >= 15 is 4.39 Å². The number of benzene rings is 2. The van der Waals surface area contributed by atoms with Gasteiger partial charge in [-0.05, 0) is 61.6 Å². The molecule has 0 amide bonds. The molecule has 39 heavy (non-hydrogen) atoms. The Morgan fingerprint density at radius 3 is 2.44 bits per heavy atom. The Morgan fingerprint density at radius 2 is 1.85 bits per heavy atom. The summed E-state index contributed by atoms with van der Waals surface area (Å²) in [6, 6.07) is 8.08. The monoisotopic (exact) mass is 552 g/mol. The van der Waals surface area contributed by atoms with Gasteiger partial charge >= 0.3 is 0 Å². The van der Waals surface area contributed by atoms with Crippen LogP contribution in [0, 0.1) is 50.6 Å². The Labute approximate surface area is 234 Å². The van der Waals surface area contributed by atoms with Crippen molar-refractivity contribution in [3.63, 3.8) is 0 Å². The molecule has 1 aliphatic rings. The van der Waals surface area contributed by atoms with E-state index < -0.39 is 11.6 Å². The van der Waals surface area contributed by atoms with Gasteiger partial charge in [0.15, 0.2) is 5.88 Å². The Kier molecular flexibility index (Phi) is 9.84. The van der Waals surface area contributed by atoms with Gasteiger partial charge < -0.3 is 15.0 Å². The number of methoxy groups -OCH3 is 1. The molecule has 0 bridgehead atoms. The first kappa shape index (κ1) is 30.2. The number of hydrogen-bond acceptors (Lipinski definition) is 6. The van der Waals surface area contributed by atoms with E-state index in [1.54, 1.807) is 6.07 Å². The molecule has 3 rings (SSSR count). The van der Waals surface area contributed by atoms with E-state index in [1.807, 2.05) is 20.0 Å². The number of fused-ring (bicyclic) bond motifs is 1. The molecule has 1 heterocycles. The largest absolute Gasteiger partial charge is 0.483 e. The Bertz CT molecular complexity index is 1550. The van der Waals surface area contributed by atoms with Crippen LogP contribution in [-0.2, 0) is 4.74 Å². The maximum atomic E-state index is 15.9. The number of halogens is 2. The van der Waals surface area contributed by atoms with Gasteiger partial charge in [0, 0.05) is 34.4 Å². The second-order valence-corrected chi connectivity index (χ2v) is 11.2. The first-order valence-electron chi connectivity index (χ1n) is 13.3. The van der Waals surface area contributed by atoms with Gasteiger partial charge in [0.25, 0.3) is 0 Å². The SMILES string of the molecule is C=C(Nc1c/c(=c2/ccc(F)c3c2=C(C#N)C(=N)S3)c(F)c/c1=C(/C)N(C)C(CC)CC(C)C(C)CC)OC. The van der Waals surface area contributed by atoms with Crippen molar-refractivity contribution in [1.29, 1.82) is 10.7 Å². The van der Waals surface area contributed by atoms with Crippen LogP contribution < -0.4 is 15.8 Å². The Balaban J connectivity index is 2.36. The molecule has 2 aromatic carbocycles. The number of nitrogens with one attached hydrogen (secondary N) is 2. The van der Waals surface area contributed by atoms with Crippen molar-refractivity contribution in [1.82, 2.24) is 4.90 Å². The lowest BCUT2D eigenvalue weighted by atomic mass is 9.87. The van der Waals surface area contributed by atoms with Gasteiger partial charge in [-0.25, -0.2) is 8.78 Å². The van der Waals surface area contributed by atoms with Crippen molar-refractivity contribution in [3.05, 3.63) is 69.2 Å². The predicted octanol–water partition coefficient (Wildman–Crippen LogP) is 6.45. The summed E-state index contributed by atoms with van der Waals surface area (Å²) in [4.78, 5) is 2.38. The Hall–Kier alpha value is -3.31. The molecule has 3 unspecified atom stereocenters. The first-order valence-corrected chi connectivity index (χ1v) is 14.1. The van der Waals surface area contributed by atoms with E-state index in [0.717, 1.165) is 36.7 Å². The summed E-state index contributed by atoms with van der Waals surface area (Å²) in [5, 5.41) is 22.4. The standard InChI is InChI=1S/C31H38F2N4OS/c1-9-17(3)18(4)13-21(10-2)37(7)19(5)23-14-27(33)24(15-28(23)36-20(6)38-8)22-11-12-26(32)30-29(22)25(16-34)31(35)39-30/h11-12,14-15,17-18,21,35-36H,6,9-10,13H2,1-5,7-8H3/b23-19+,24-22+,35-31?. The number of hydrogen-bond donors (Lipinski definition) is 2. The van der Waals surface area contributed by atoms with E-state index in [1.165, 1.54) is 25.3 Å². The van der Waals surface area contributed by atoms with Crippen LogP contribution in [0.3, 0.4) is 0 Å². The highest BCUT2D eigenvalue weighted by Crippen LogP contribution is 2.29. The van der Waals surface area contributed by atoms with E-state index in [4.69, 9.17) is 10.1 Å². The second kappa shape index (κ2) is 12.7. The van der Waals surface area contributed by atoms with Crippen LogP contribution in [0.1, 0.15) is 53.9 Å². The van der Waals surface area contributed by atoms with Crippen molar-refractivity contribution in [2.75, 3.05) is 19.5 Å². The molecule has 0 fully saturated rings. The van der Waals surface area contributed by atoms with E-state index in [9.17, 15) is 9.65 Å². The molecule has 0 spiro atoms. The molecule has 2 aromatic rings. The highest BCUT2D eigenvalue weighted by Gasteiger charge is 2.24. The molecule has 1 aliphatic heterocycles. The molecule has 3 atom stereocenters. The van der Waals surface area contributed by atoms with Gasteiger partial charge in [0.1, 0.15) is 22.7 Å². The summed E-state index contributed by atoms with van der Waals surface area (Å²) in [5.41, 5.74) is 1.50. The summed E-state index contributed by atoms with van der Waals surface area (Å²) in [6.07, 6.45) is 3.09. The third kappa shape index (κ3) is 6.14. The van der Waals surface area contributed by atoms with Crippen molar-refractivity contribution in [2.24, 2.45) is 11.8 Å². The minimum Gasteiger partial charge on any atom is -0.483 e. The lowest BCUT2D eigenvalue weighted by molar-refractivity contribution is 0.239. The molecule has 0 saturated carbocycles. The van der Waals surface area contributed by atoms with Crippen LogP contribution in [0.4, 0.5) is 14.5 Å². The zero-order valence-electron chi connectivity index (χ0n) is 23.8. The summed E-state index contributed by atoms with van der Waals surface area (Å²) in [5.74, 6) is 0.385. The minimum atomic E-state index is -0.542. The van der Waals surface area contributed by atoms with Crippen molar-refractivity contribution in [2.45, 2.75) is 64.8 Å². The molecule has 0 radical (unpaired) electrons. The summed E-state index contributed by atoms with van der Waals surface area (Å²) in [7, 11) is 3.53. The summed E-state index contributed by atoms with van der Waals surface area (Å²) >= 11 is 0.875. The molecule has 5 nitrogen and oxygen atoms in total. The maximum absolute atomic E-state index is 15.9. The molecular formula is C31H38F2N4OS. The van der Waals surface area contributed by atoms with E-state index in [0.29, 0.717) is 28.0 Å². The van der Waals surface area contributed by atoms with Crippen molar-refractivity contribution in [3.8, 4) is 6.07 Å². The predicted molar refractivity (Wildman–Crippen MR) is 156 cm³/mol. The van der Waals surface area contributed by atoms with E-state index in [2.05, 4.69) is 44.5 Å². The fourth-order valence-electron chi connectivity index (χ4n) is 5.01. The number of rotatable bonds is 10. The molecule has 0 aromatic heterocycles. The topological polar surface area (TPSA) is 72.1 Å². The second-order valence-electron chi connectivity index (χ2n) is 10.2. The smallest absolute Gasteiger partial charge is 0.183 e. The average Bonchev–Trinajstić information content (AvgIpc) is 3.27. The van der Waals surface area contributed by atoms with Crippen LogP contribution in [0.2, 0.25) is 0 Å². The molecule has 208 valence electrons. The van der Waals surface area contributed by atoms with Crippen molar-refractivity contribution < 1.29 is 13.5 Å². The molecule has 0 aliphatic carbocycles. The van der Waals surface area contributed by atoms with E-state index in [-0.39, 0.29) is 37.9 Å². The lowest BCUT2D eigenvalue weighted by Gasteiger charge is -2.33. The highest BCUT2D eigenvalue weighted by atomic mass is 32.2. The third-order valence-corrected chi connectivity index (χ3v) is 9.03. The van der Waals surface area contributed by atoms with Crippen LogP contribution in [0.25, 0.3) is 11.3 Å². The molecule has 8 heteroatoms. The maximum Gasteiger partial charge on any atom is 0.183 e. The molecule has 2 N–H and O–H groups in total. The van der Waals surface area contributed by atoms with Crippen LogP contribution in [0.15, 0.2) is 41.6 Å².